The van der Waals surface area contributed by atoms with Crippen LogP contribution in [0.4, 0.5) is 0 Å². The van der Waals surface area contributed by atoms with Gasteiger partial charge in [0.2, 0.25) is 0 Å². The zero-order chi connectivity index (χ0) is 12.3. The molecular formula is C12H11IN2OS. The van der Waals surface area contributed by atoms with Gasteiger partial charge in [-0.05, 0) is 58.8 Å². The van der Waals surface area contributed by atoms with E-state index in [1.165, 1.54) is 11.3 Å². The van der Waals surface area contributed by atoms with Gasteiger partial charge in [0, 0.05) is 18.9 Å². The van der Waals surface area contributed by atoms with E-state index >= 15 is 0 Å². The zero-order valence-electron chi connectivity index (χ0n) is 9.24. The Bertz CT molecular complexity index is 525. The second kappa shape index (κ2) is 5.59. The standard InChI is InChI=1S/C12H11IN2OS/c1-8-6-10(13)17-11(8)12(16)15-7-9-2-4-14-5-3-9/h2-6H,7H2,1H3,(H,15,16). The number of nitrogens with zero attached hydrogens (tertiary/aromatic N) is 1. The maximum absolute atomic E-state index is 11.9. The summed E-state index contributed by atoms with van der Waals surface area (Å²) in [5, 5.41) is 2.91. The molecule has 2 heterocycles. The SMILES string of the molecule is Cc1cc(I)sc1C(=O)NCc1ccncc1. The fourth-order valence-electron chi connectivity index (χ4n) is 1.43. The quantitative estimate of drug-likeness (QED) is 0.858. The van der Waals surface area contributed by atoms with Gasteiger partial charge in [0.1, 0.15) is 0 Å². The lowest BCUT2D eigenvalue weighted by Crippen LogP contribution is -2.22. The van der Waals surface area contributed by atoms with E-state index in [4.69, 9.17) is 0 Å². The van der Waals surface area contributed by atoms with E-state index in [0.717, 1.165) is 18.9 Å². The molecule has 2 aromatic heterocycles. The monoisotopic (exact) mass is 358 g/mol. The van der Waals surface area contributed by atoms with Crippen LogP contribution in [0.2, 0.25) is 0 Å². The third kappa shape index (κ3) is 3.26. The van der Waals surface area contributed by atoms with Crippen LogP contribution in [-0.4, -0.2) is 10.9 Å². The summed E-state index contributed by atoms with van der Waals surface area (Å²) >= 11 is 3.75. The van der Waals surface area contributed by atoms with Gasteiger partial charge < -0.3 is 5.32 Å². The van der Waals surface area contributed by atoms with E-state index in [-0.39, 0.29) is 5.91 Å². The molecule has 0 radical (unpaired) electrons. The summed E-state index contributed by atoms with van der Waals surface area (Å²) in [4.78, 5) is 16.7. The number of pyridine rings is 1. The van der Waals surface area contributed by atoms with Crippen molar-refractivity contribution in [1.82, 2.24) is 10.3 Å². The molecule has 0 aromatic carbocycles. The second-order valence-corrected chi connectivity index (χ2v) is 6.55. The number of carbonyl (C=O) groups is 1. The van der Waals surface area contributed by atoms with Crippen LogP contribution in [-0.2, 0) is 6.54 Å². The van der Waals surface area contributed by atoms with Crippen molar-refractivity contribution >= 4 is 39.8 Å². The molecule has 1 amide bonds. The van der Waals surface area contributed by atoms with Crippen molar-refractivity contribution in [3.8, 4) is 0 Å². The van der Waals surface area contributed by atoms with Crippen LogP contribution in [0.25, 0.3) is 0 Å². The average molecular weight is 358 g/mol. The fraction of sp³-hybridized carbons (Fsp3) is 0.167. The Morgan fingerprint density at radius 3 is 2.76 bits per heavy atom. The van der Waals surface area contributed by atoms with Crippen LogP contribution in [0.1, 0.15) is 20.8 Å². The second-order valence-electron chi connectivity index (χ2n) is 3.60. The van der Waals surface area contributed by atoms with Crippen LogP contribution in [0.3, 0.4) is 0 Å². The molecule has 17 heavy (non-hydrogen) atoms. The number of hydrogen-bond donors (Lipinski definition) is 1. The molecule has 0 bridgehead atoms. The van der Waals surface area contributed by atoms with E-state index < -0.39 is 0 Å². The molecule has 0 aliphatic heterocycles. The maximum Gasteiger partial charge on any atom is 0.261 e. The predicted molar refractivity (Wildman–Crippen MR) is 77.2 cm³/mol. The molecule has 88 valence electrons. The minimum absolute atomic E-state index is 0.00720. The molecule has 1 N–H and O–H groups in total. The topological polar surface area (TPSA) is 42.0 Å². The third-order valence-electron chi connectivity index (χ3n) is 2.30. The lowest BCUT2D eigenvalue weighted by atomic mass is 10.2. The average Bonchev–Trinajstić information content (AvgIpc) is 2.67. The number of aryl methyl sites for hydroxylation is 1. The highest BCUT2D eigenvalue weighted by Gasteiger charge is 2.12. The number of aromatic nitrogens is 1. The molecule has 0 fully saturated rings. The van der Waals surface area contributed by atoms with Crippen LogP contribution < -0.4 is 5.32 Å². The van der Waals surface area contributed by atoms with Gasteiger partial charge in [0.15, 0.2) is 0 Å². The molecule has 0 saturated heterocycles. The lowest BCUT2D eigenvalue weighted by Gasteiger charge is -2.04. The van der Waals surface area contributed by atoms with Crippen molar-refractivity contribution in [2.24, 2.45) is 0 Å². The zero-order valence-corrected chi connectivity index (χ0v) is 12.2. The molecule has 0 unspecified atom stereocenters. The summed E-state index contributed by atoms with van der Waals surface area (Å²) in [6, 6.07) is 5.81. The van der Waals surface area contributed by atoms with Crippen LogP contribution in [0, 0.1) is 9.81 Å². The van der Waals surface area contributed by atoms with Crippen LogP contribution in [0.5, 0.6) is 0 Å². The Morgan fingerprint density at radius 2 is 2.18 bits per heavy atom. The molecule has 0 saturated carbocycles. The number of hydrogen-bond acceptors (Lipinski definition) is 3. The van der Waals surface area contributed by atoms with Crippen molar-refractivity contribution in [2.45, 2.75) is 13.5 Å². The van der Waals surface area contributed by atoms with E-state index in [0.29, 0.717) is 6.54 Å². The van der Waals surface area contributed by atoms with Crippen LogP contribution in [0.15, 0.2) is 30.6 Å². The van der Waals surface area contributed by atoms with Crippen molar-refractivity contribution in [3.63, 3.8) is 0 Å². The first-order chi connectivity index (χ1) is 8.16. The van der Waals surface area contributed by atoms with Gasteiger partial charge in [-0.2, -0.15) is 0 Å². The number of halogens is 1. The van der Waals surface area contributed by atoms with E-state index in [1.807, 2.05) is 25.1 Å². The summed E-state index contributed by atoms with van der Waals surface area (Å²) < 4.78 is 1.13. The minimum atomic E-state index is -0.00720. The van der Waals surface area contributed by atoms with Gasteiger partial charge in [0.25, 0.3) is 5.91 Å². The lowest BCUT2D eigenvalue weighted by molar-refractivity contribution is 0.0954. The molecule has 2 rings (SSSR count). The van der Waals surface area contributed by atoms with Crippen LogP contribution >= 0.6 is 33.9 Å². The highest BCUT2D eigenvalue weighted by atomic mass is 127. The molecule has 0 spiro atoms. The van der Waals surface area contributed by atoms with Crippen molar-refractivity contribution in [2.75, 3.05) is 0 Å². The summed E-state index contributed by atoms with van der Waals surface area (Å²) in [6.45, 7) is 2.50. The van der Waals surface area contributed by atoms with E-state index in [9.17, 15) is 4.79 Å². The summed E-state index contributed by atoms with van der Waals surface area (Å²) in [6.07, 6.45) is 3.45. The molecule has 0 aliphatic carbocycles. The Labute approximate surface area is 117 Å². The number of rotatable bonds is 3. The van der Waals surface area contributed by atoms with Crippen molar-refractivity contribution < 1.29 is 4.79 Å². The van der Waals surface area contributed by atoms with E-state index in [1.54, 1.807) is 12.4 Å². The summed E-state index contributed by atoms with van der Waals surface area (Å²) in [5.74, 6) is -0.00720. The number of carbonyl (C=O) groups excluding carboxylic acids is 1. The summed E-state index contributed by atoms with van der Waals surface area (Å²) in [7, 11) is 0. The van der Waals surface area contributed by atoms with Gasteiger partial charge in [-0.25, -0.2) is 0 Å². The van der Waals surface area contributed by atoms with Gasteiger partial charge in [-0.1, -0.05) is 0 Å². The number of nitrogens with one attached hydrogen (secondary N) is 1. The fourth-order valence-corrected chi connectivity index (χ4v) is 3.38. The Hall–Kier alpha value is -0.950. The normalized spacial score (nSPS) is 10.2. The van der Waals surface area contributed by atoms with Crippen molar-refractivity contribution in [1.29, 1.82) is 0 Å². The van der Waals surface area contributed by atoms with Gasteiger partial charge in [-0.15, -0.1) is 11.3 Å². The Kier molecular flexibility index (Phi) is 4.11. The number of amides is 1. The molecule has 0 atom stereocenters. The predicted octanol–water partition coefficient (Wildman–Crippen LogP) is 2.99. The first kappa shape index (κ1) is 12.5. The molecule has 0 aliphatic rings. The van der Waals surface area contributed by atoms with E-state index in [2.05, 4.69) is 32.9 Å². The highest BCUT2D eigenvalue weighted by molar-refractivity contribution is 14.1. The van der Waals surface area contributed by atoms with Gasteiger partial charge >= 0.3 is 0 Å². The third-order valence-corrected chi connectivity index (χ3v) is 4.29. The molecule has 3 nitrogen and oxygen atoms in total. The Balaban J connectivity index is 2.01. The first-order valence-corrected chi connectivity index (χ1v) is 6.99. The number of thiophene rings is 1. The molecule has 5 heteroatoms. The van der Waals surface area contributed by atoms with Crippen molar-refractivity contribution in [3.05, 3.63) is 49.5 Å². The smallest absolute Gasteiger partial charge is 0.261 e. The van der Waals surface area contributed by atoms with Gasteiger partial charge in [0.05, 0.1) is 7.76 Å². The Morgan fingerprint density at radius 1 is 1.47 bits per heavy atom. The van der Waals surface area contributed by atoms with Gasteiger partial charge in [-0.3, -0.25) is 9.78 Å². The first-order valence-electron chi connectivity index (χ1n) is 5.10. The molecular weight excluding hydrogens is 347 g/mol. The highest BCUT2D eigenvalue weighted by Crippen LogP contribution is 2.23. The minimum Gasteiger partial charge on any atom is -0.347 e. The molecule has 2 aromatic rings. The maximum atomic E-state index is 11.9. The summed E-state index contributed by atoms with van der Waals surface area (Å²) in [5.41, 5.74) is 2.09. The largest absolute Gasteiger partial charge is 0.347 e.